The van der Waals surface area contributed by atoms with Crippen molar-refractivity contribution in [2.45, 2.75) is 180 Å². The molecule has 0 unspecified atom stereocenters. The molecule has 2 aliphatic rings. The number of para-hydroxylation sites is 2. The number of aromatic nitrogens is 4. The van der Waals surface area contributed by atoms with Gasteiger partial charge in [-0.3, -0.25) is 24.0 Å². The number of alkyl halides is 1. The van der Waals surface area contributed by atoms with E-state index in [2.05, 4.69) is 28.1 Å². The van der Waals surface area contributed by atoms with Crippen molar-refractivity contribution in [1.82, 2.24) is 27.3 Å². The van der Waals surface area contributed by atoms with E-state index in [-0.39, 0.29) is 82.7 Å². The van der Waals surface area contributed by atoms with Crippen LogP contribution in [0.5, 0.6) is 34.8 Å². The first-order valence-corrected chi connectivity index (χ1v) is 48.9. The highest BCUT2D eigenvalue weighted by atomic mass is 35.5. The molecule has 141 heavy (non-hydrogen) atoms. The Morgan fingerprint density at radius 1 is 0.482 bits per heavy atom. The van der Waals surface area contributed by atoms with Crippen molar-refractivity contribution < 1.29 is 170 Å². The molecule has 0 aliphatic carbocycles. The number of halogens is 1. The van der Waals surface area contributed by atoms with Crippen LogP contribution >= 0.6 is 35.1 Å². The van der Waals surface area contributed by atoms with Gasteiger partial charge < -0.3 is 116 Å². The quantitative estimate of drug-likeness (QED) is 0.0121. The number of ether oxygens (including phenoxy) is 17. The van der Waals surface area contributed by atoms with Gasteiger partial charge in [0.1, 0.15) is 40.4 Å². The number of primary sulfonamides is 2. The third-order valence-corrected chi connectivity index (χ3v) is 22.2. The van der Waals surface area contributed by atoms with Crippen LogP contribution in [0.15, 0.2) is 94.7 Å². The molecule has 0 saturated carbocycles. The Labute approximate surface area is 826 Å². The normalized spacial score (nSPS) is 13.8. The number of anilines is 4. The number of carboxylic acids is 1. The average Bonchev–Trinajstić information content (AvgIpc) is 1.42. The van der Waals surface area contributed by atoms with Crippen molar-refractivity contribution in [2.75, 3.05) is 151 Å². The molecule has 0 bridgehead atoms. The van der Waals surface area contributed by atoms with Gasteiger partial charge in [0, 0.05) is 64.2 Å². The first-order valence-electron chi connectivity index (χ1n) is 43.8. The standard InChI is InChI=1S/C44H58N6O18S2.C27H39ClN4O13S.C17H20N2O5S/c1-8-9-15-46-33-20-30(21-34(70(45,58)59)38(33)68-31-13-11-10-12-14-31)43(57)64-25-36(53)65-28(3)42(56)66-27(2)41(55)63-26-37(54)67-32(22-50(44(5,6)7)35(52)24-61-29(4)51)23-62-40-39(47-69-48-40)49-16-18-60-19-17-49;1-16(44-26(38)17(2)43-21(35)11-28)25(37)42-15-22(36)45-19(12-32(27(4,5)6)20(34)14-40-18(3)33)13-41-24-23(29-46-30-24)31-7-9-39-10-8-31;1-2-3-9-19-14-10-12(17(20)21)11-15(25(18,22)23)16(14)24-13-7-5-4-6-8-13/h10-14,20-21,27-28,32,46H,8-9,15-19,22-26H2,1-7H3,(H2,45,58,59);16-17,19H,7-15H2,1-6H3;4-8,10-11,19H,2-3,9H2,1H3,(H,20,21)(H2,18,22,23)/t27-,28-,32+;16-,17-,19+;/m11./s1. The highest BCUT2D eigenvalue weighted by molar-refractivity contribution is 7.89. The lowest BCUT2D eigenvalue weighted by Gasteiger charge is -2.37. The van der Waals surface area contributed by atoms with E-state index in [4.69, 9.17) is 102 Å². The summed E-state index contributed by atoms with van der Waals surface area (Å²) in [6.07, 6.45) is -5.16. The van der Waals surface area contributed by atoms with Gasteiger partial charge in [0.25, 0.3) is 23.6 Å². The summed E-state index contributed by atoms with van der Waals surface area (Å²) in [5, 5.41) is 26.1. The summed E-state index contributed by atoms with van der Waals surface area (Å²) in [5.41, 5.74) is -1.80. The number of carbonyl (C=O) groups excluding carboxylic acids is 13. The third kappa shape index (κ3) is 40.3. The van der Waals surface area contributed by atoms with E-state index in [0.29, 0.717) is 89.5 Å². The fourth-order valence-corrected chi connectivity index (χ4v) is 14.6. The molecular weight excluding hydrogens is 1960 g/mol. The number of benzene rings is 4. The van der Waals surface area contributed by atoms with Crippen LogP contribution in [0.4, 0.5) is 23.0 Å². The number of amides is 2. The lowest BCUT2D eigenvalue weighted by molar-refractivity contribution is -0.180. The van der Waals surface area contributed by atoms with E-state index >= 15 is 0 Å². The Morgan fingerprint density at radius 3 is 1.19 bits per heavy atom. The van der Waals surface area contributed by atoms with E-state index in [1.54, 1.807) is 102 Å². The minimum absolute atomic E-state index is 0.0187. The minimum atomic E-state index is -4.48. The number of nitrogens with two attached hydrogens (primary N) is 2. The largest absolute Gasteiger partial charge is 0.478 e. The van der Waals surface area contributed by atoms with Crippen LogP contribution in [0, 0.1) is 0 Å². The van der Waals surface area contributed by atoms with Crippen molar-refractivity contribution in [1.29, 1.82) is 0 Å². The monoisotopic (exact) mass is 2080 g/mol. The van der Waals surface area contributed by atoms with Crippen LogP contribution in [-0.2, 0) is 139 Å². The SMILES string of the molecule is CC(=O)OCC(=O)N(C[C@@H](COc1nsnc1N1CCOCC1)OC(=O)COC(=O)[C@@H](C)OC(=O)[C@@H](C)OC(=O)CCl)C(C)(C)C.CCCCNc1cc(C(=O)O)cc(S(N)(=O)=O)c1Oc1ccccc1.CCCCNc1cc(C(=O)OCC(=O)O[C@H](C)C(=O)O[C@H](C)C(=O)OCC(=O)O[C@H](COc2nsnc2N2CCOCC2)CN(C(=O)COC(C)=O)C(C)(C)C)cc(S(N)(=O)=O)c1Oc1ccccc1. The zero-order valence-corrected chi connectivity index (χ0v) is 84.0. The Kier molecular flexibility index (Phi) is 47.2. The molecule has 2 fully saturated rings. The molecule has 2 saturated heterocycles. The summed E-state index contributed by atoms with van der Waals surface area (Å²) in [6, 6.07) is 21.4. The van der Waals surface area contributed by atoms with Crippen molar-refractivity contribution in [3.63, 3.8) is 0 Å². The third-order valence-electron chi connectivity index (χ3n) is 19.2. The number of nitrogens with zero attached hydrogens (tertiary/aromatic N) is 8. The molecule has 6 atom stereocenters. The fraction of sp³-hybridized carbons (Fsp3) is 0.523. The van der Waals surface area contributed by atoms with Crippen LogP contribution in [-0.4, -0.2) is 311 Å². The molecule has 2 amide bonds. The predicted molar refractivity (Wildman–Crippen MR) is 500 cm³/mol. The van der Waals surface area contributed by atoms with Gasteiger partial charge in [-0.1, -0.05) is 63.1 Å². The molecule has 0 radical (unpaired) electrons. The number of carbonyl (C=O) groups is 14. The lowest BCUT2D eigenvalue weighted by atomic mass is 10.1. The predicted octanol–water partition coefficient (Wildman–Crippen LogP) is 6.31. The van der Waals surface area contributed by atoms with Gasteiger partial charge in [-0.2, -0.15) is 8.75 Å². The highest BCUT2D eigenvalue weighted by Gasteiger charge is 2.38. The number of rotatable bonds is 49. The van der Waals surface area contributed by atoms with E-state index in [0.717, 1.165) is 75.6 Å². The maximum atomic E-state index is 13.2. The molecule has 4 aromatic carbocycles. The summed E-state index contributed by atoms with van der Waals surface area (Å²) in [7, 11) is -8.68. The van der Waals surface area contributed by atoms with E-state index in [9.17, 15) is 89.1 Å². The summed E-state index contributed by atoms with van der Waals surface area (Å²) < 4.78 is 156. The van der Waals surface area contributed by atoms with Gasteiger partial charge in [0.05, 0.1) is 85.5 Å². The second-order valence-corrected chi connectivity index (χ2v) is 37.0. The van der Waals surface area contributed by atoms with Crippen molar-refractivity contribution in [3.05, 3.63) is 96.1 Å². The number of morpholine rings is 2. The number of esters is 11. The molecule has 2 aliphatic heterocycles. The van der Waals surface area contributed by atoms with Crippen LogP contribution in [0.25, 0.3) is 0 Å². The summed E-state index contributed by atoms with van der Waals surface area (Å²) in [5.74, 6) is -12.3. The summed E-state index contributed by atoms with van der Waals surface area (Å²) in [6.45, 7) is 21.2. The van der Waals surface area contributed by atoms with Crippen molar-refractivity contribution >= 4 is 162 Å². The molecule has 2 aromatic heterocycles. The van der Waals surface area contributed by atoms with Gasteiger partial charge in [0.2, 0.25) is 31.7 Å². The summed E-state index contributed by atoms with van der Waals surface area (Å²) in [4.78, 5) is 179. The number of hydrogen-bond acceptors (Lipinski definition) is 45. The molecule has 53 heteroatoms. The number of sulfonamides is 2. The number of carboxylic acid groups (broad SMARTS) is 1. The molecular formula is C88H117ClN12O36S4. The first-order chi connectivity index (χ1) is 66.5. The van der Waals surface area contributed by atoms with Gasteiger partial charge in [-0.25, -0.2) is 70.3 Å². The van der Waals surface area contributed by atoms with E-state index in [1.165, 1.54) is 42.7 Å². The minimum Gasteiger partial charge on any atom is -0.478 e. The molecule has 8 rings (SSSR count). The number of nitrogens with one attached hydrogen (secondary N) is 2. The average molecular weight is 2080 g/mol. The van der Waals surface area contributed by atoms with E-state index < -0.39 is 195 Å². The highest BCUT2D eigenvalue weighted by Crippen LogP contribution is 2.40. The van der Waals surface area contributed by atoms with Crippen LogP contribution in [0.2, 0.25) is 0 Å². The second-order valence-electron chi connectivity index (χ2n) is 32.6. The van der Waals surface area contributed by atoms with Gasteiger partial charge in [0.15, 0.2) is 81.2 Å². The van der Waals surface area contributed by atoms with Crippen LogP contribution in [0.1, 0.15) is 143 Å². The Morgan fingerprint density at radius 2 is 0.837 bits per heavy atom. The lowest BCUT2D eigenvalue weighted by Crippen LogP contribution is -2.52. The number of unbranched alkanes of at least 4 members (excludes halogenated alkanes) is 2. The maximum Gasteiger partial charge on any atom is 0.347 e. The van der Waals surface area contributed by atoms with Crippen LogP contribution in [0.3, 0.4) is 0 Å². The molecule has 4 heterocycles. The number of aromatic carboxylic acids is 1. The van der Waals surface area contributed by atoms with Crippen molar-refractivity contribution in [2.24, 2.45) is 10.3 Å². The number of hydrogen-bond donors (Lipinski definition) is 5. The zero-order chi connectivity index (χ0) is 104. The topological polar surface area (TPSA) is 625 Å². The second kappa shape index (κ2) is 57.1. The van der Waals surface area contributed by atoms with Crippen molar-refractivity contribution in [3.8, 4) is 34.8 Å². The summed E-state index contributed by atoms with van der Waals surface area (Å²) >= 11 is 7.17. The Balaban J connectivity index is 0.000000364. The Hall–Kier alpha value is -13.0. The molecule has 0 spiro atoms. The molecule has 7 N–H and O–H groups in total. The molecule has 6 aromatic rings. The first kappa shape index (κ1) is 117. The molecule has 776 valence electrons. The van der Waals surface area contributed by atoms with Gasteiger partial charge >= 0.3 is 71.6 Å². The maximum absolute atomic E-state index is 13.2. The fourth-order valence-electron chi connectivity index (χ4n) is 12.1. The smallest absolute Gasteiger partial charge is 0.347 e. The Bertz CT molecular complexity index is 5460. The zero-order valence-electron chi connectivity index (χ0n) is 80.0. The molecule has 48 nitrogen and oxygen atoms in total. The van der Waals surface area contributed by atoms with Gasteiger partial charge in [-0.05, 0) is 131 Å². The van der Waals surface area contributed by atoms with Gasteiger partial charge in [-0.15, -0.1) is 20.3 Å². The van der Waals surface area contributed by atoms with Crippen LogP contribution < -0.4 is 49.7 Å². The van der Waals surface area contributed by atoms with E-state index in [1.807, 2.05) is 23.6 Å².